The average molecular weight is 399 g/mol. The number of benzene rings is 1. The van der Waals surface area contributed by atoms with Crippen molar-refractivity contribution in [3.05, 3.63) is 68.4 Å². The van der Waals surface area contributed by atoms with Crippen molar-refractivity contribution in [3.8, 4) is 0 Å². The Hall–Kier alpha value is -1.25. The summed E-state index contributed by atoms with van der Waals surface area (Å²) in [5.74, 6) is 0. The summed E-state index contributed by atoms with van der Waals surface area (Å²) in [7, 11) is -3.49. The van der Waals surface area contributed by atoms with Gasteiger partial charge in [-0.2, -0.15) is 0 Å². The van der Waals surface area contributed by atoms with Crippen LogP contribution in [0.5, 0.6) is 0 Å². The molecule has 0 amide bonds. The van der Waals surface area contributed by atoms with Gasteiger partial charge in [0, 0.05) is 30.5 Å². The van der Waals surface area contributed by atoms with Gasteiger partial charge in [0.1, 0.15) is 4.21 Å². The van der Waals surface area contributed by atoms with E-state index in [-0.39, 0.29) is 4.21 Å². The molecule has 24 heavy (non-hydrogen) atoms. The fraction of sp³-hybridized carbons (Fsp3) is 0.188. The minimum Gasteiger partial charge on any atom is -0.249 e. The molecule has 0 saturated carbocycles. The number of thiazole rings is 1. The lowest BCUT2D eigenvalue weighted by Crippen LogP contribution is -2.25. The third-order valence-electron chi connectivity index (χ3n) is 3.27. The van der Waals surface area contributed by atoms with E-state index in [9.17, 15) is 8.42 Å². The van der Waals surface area contributed by atoms with Crippen LogP contribution in [0.1, 0.15) is 15.4 Å². The first-order chi connectivity index (χ1) is 11.5. The number of hydrogen-bond donors (Lipinski definition) is 1. The number of nitrogens with one attached hydrogen (secondary N) is 1. The van der Waals surface area contributed by atoms with Gasteiger partial charge in [-0.25, -0.2) is 18.1 Å². The zero-order valence-corrected chi connectivity index (χ0v) is 15.8. The summed E-state index contributed by atoms with van der Waals surface area (Å²) in [6.07, 6.45) is 3.27. The summed E-state index contributed by atoms with van der Waals surface area (Å²) in [5.41, 5.74) is 1.24. The van der Waals surface area contributed by atoms with E-state index in [1.165, 1.54) is 16.5 Å². The molecular formula is C16H15ClN2O2S3. The van der Waals surface area contributed by atoms with Crippen LogP contribution < -0.4 is 4.72 Å². The Morgan fingerprint density at radius 3 is 2.58 bits per heavy atom. The van der Waals surface area contributed by atoms with E-state index < -0.39 is 10.0 Å². The van der Waals surface area contributed by atoms with Crippen molar-refractivity contribution in [1.29, 1.82) is 0 Å². The molecule has 0 atom stereocenters. The van der Waals surface area contributed by atoms with Crippen LogP contribution in [-0.4, -0.2) is 19.9 Å². The van der Waals surface area contributed by atoms with Crippen molar-refractivity contribution in [2.45, 2.75) is 17.1 Å². The first-order valence-corrected chi connectivity index (χ1v) is 10.7. The van der Waals surface area contributed by atoms with E-state index in [2.05, 4.69) is 21.8 Å². The highest BCUT2D eigenvalue weighted by atomic mass is 35.5. The summed E-state index contributed by atoms with van der Waals surface area (Å²) < 4.78 is 27.5. The second-order valence-electron chi connectivity index (χ2n) is 5.09. The van der Waals surface area contributed by atoms with Gasteiger partial charge in [-0.15, -0.1) is 22.7 Å². The van der Waals surface area contributed by atoms with Gasteiger partial charge in [-0.3, -0.25) is 0 Å². The summed E-state index contributed by atoms with van der Waals surface area (Å²) in [5, 5.41) is 0.924. The SMILES string of the molecule is O=S(=O)(NCCc1ncc(Cc2ccccc2)s1)c1ccc(Cl)s1. The standard InChI is InChI=1S/C16H15ClN2O2S3/c17-14-6-7-16(23-14)24(20,21)19-9-8-15-18-11-13(22-15)10-12-4-2-1-3-5-12/h1-7,11,19H,8-10H2. The van der Waals surface area contributed by atoms with Crippen LogP contribution in [0, 0.1) is 0 Å². The largest absolute Gasteiger partial charge is 0.250 e. The minimum absolute atomic E-state index is 0.233. The first-order valence-electron chi connectivity index (χ1n) is 7.25. The molecule has 0 fully saturated rings. The highest BCUT2D eigenvalue weighted by molar-refractivity contribution is 7.91. The second-order valence-corrected chi connectivity index (χ2v) is 10.00. The third-order valence-corrected chi connectivity index (χ3v) is 7.51. The number of halogens is 1. The van der Waals surface area contributed by atoms with Crippen LogP contribution in [0.4, 0.5) is 0 Å². The molecule has 0 unspecified atom stereocenters. The molecule has 0 spiro atoms. The summed E-state index contributed by atoms with van der Waals surface area (Å²) >= 11 is 8.45. The van der Waals surface area contributed by atoms with Gasteiger partial charge in [0.2, 0.25) is 10.0 Å². The molecular weight excluding hydrogens is 384 g/mol. The van der Waals surface area contributed by atoms with Crippen molar-refractivity contribution in [2.75, 3.05) is 6.54 Å². The lowest BCUT2D eigenvalue weighted by molar-refractivity contribution is 0.583. The lowest BCUT2D eigenvalue weighted by Gasteiger charge is -2.02. The zero-order valence-electron chi connectivity index (χ0n) is 12.6. The lowest BCUT2D eigenvalue weighted by atomic mass is 10.1. The Bertz CT molecular complexity index is 904. The van der Waals surface area contributed by atoms with Crippen LogP contribution in [0.2, 0.25) is 4.34 Å². The summed E-state index contributed by atoms with van der Waals surface area (Å²) in [4.78, 5) is 5.54. The molecule has 4 nitrogen and oxygen atoms in total. The Kier molecular flexibility index (Phi) is 5.68. The molecule has 1 N–H and O–H groups in total. The molecule has 0 aliphatic rings. The summed E-state index contributed by atoms with van der Waals surface area (Å²) in [6, 6.07) is 13.3. The van der Waals surface area contributed by atoms with E-state index in [0.717, 1.165) is 22.8 Å². The van der Waals surface area contributed by atoms with Crippen molar-refractivity contribution < 1.29 is 8.42 Å². The topological polar surface area (TPSA) is 59.1 Å². The van der Waals surface area contributed by atoms with Gasteiger partial charge >= 0.3 is 0 Å². The first kappa shape index (κ1) is 17.6. The molecule has 2 heterocycles. The predicted octanol–water partition coefficient (Wildman–Crippen LogP) is 3.97. The molecule has 3 aromatic rings. The number of hydrogen-bond acceptors (Lipinski definition) is 5. The van der Waals surface area contributed by atoms with Crippen LogP contribution in [-0.2, 0) is 22.9 Å². The molecule has 0 radical (unpaired) electrons. The maximum Gasteiger partial charge on any atom is 0.250 e. The Morgan fingerprint density at radius 1 is 1.08 bits per heavy atom. The number of aromatic nitrogens is 1. The van der Waals surface area contributed by atoms with E-state index in [1.54, 1.807) is 17.4 Å². The molecule has 0 saturated heterocycles. The maximum absolute atomic E-state index is 12.1. The van der Waals surface area contributed by atoms with E-state index in [1.807, 2.05) is 24.4 Å². The number of rotatable bonds is 7. The quantitative estimate of drug-likeness (QED) is 0.655. The Balaban J connectivity index is 1.54. The van der Waals surface area contributed by atoms with Crippen molar-refractivity contribution in [3.63, 3.8) is 0 Å². The van der Waals surface area contributed by atoms with Gasteiger partial charge in [0.15, 0.2) is 0 Å². The van der Waals surface area contributed by atoms with Gasteiger partial charge in [0.05, 0.1) is 9.34 Å². The smallest absolute Gasteiger partial charge is 0.249 e. The minimum atomic E-state index is -3.49. The van der Waals surface area contributed by atoms with E-state index in [4.69, 9.17) is 11.6 Å². The van der Waals surface area contributed by atoms with E-state index in [0.29, 0.717) is 17.3 Å². The number of sulfonamides is 1. The van der Waals surface area contributed by atoms with E-state index >= 15 is 0 Å². The normalized spacial score (nSPS) is 11.7. The fourth-order valence-electron chi connectivity index (χ4n) is 2.15. The Labute approximate surface area is 154 Å². The van der Waals surface area contributed by atoms with Crippen LogP contribution >= 0.6 is 34.3 Å². The zero-order chi connectivity index (χ0) is 17.0. The second kappa shape index (κ2) is 7.76. The molecule has 0 bridgehead atoms. The molecule has 1 aromatic carbocycles. The predicted molar refractivity (Wildman–Crippen MR) is 99.6 cm³/mol. The number of nitrogens with zero attached hydrogens (tertiary/aromatic N) is 1. The molecule has 126 valence electrons. The van der Waals surface area contributed by atoms with Crippen LogP contribution in [0.3, 0.4) is 0 Å². The average Bonchev–Trinajstić information content (AvgIpc) is 3.18. The van der Waals surface area contributed by atoms with Crippen LogP contribution in [0.25, 0.3) is 0 Å². The molecule has 8 heteroatoms. The van der Waals surface area contributed by atoms with Crippen molar-refractivity contribution in [2.24, 2.45) is 0 Å². The highest BCUT2D eigenvalue weighted by Gasteiger charge is 2.16. The monoisotopic (exact) mass is 398 g/mol. The molecule has 2 aromatic heterocycles. The molecule has 0 aliphatic heterocycles. The van der Waals surface area contributed by atoms with Crippen molar-refractivity contribution >= 4 is 44.3 Å². The van der Waals surface area contributed by atoms with Crippen LogP contribution in [0.15, 0.2) is 52.9 Å². The molecule has 3 rings (SSSR count). The number of thiophene rings is 1. The van der Waals surface area contributed by atoms with Crippen molar-refractivity contribution in [1.82, 2.24) is 9.71 Å². The third kappa shape index (κ3) is 4.64. The maximum atomic E-state index is 12.1. The van der Waals surface area contributed by atoms with Gasteiger partial charge in [-0.05, 0) is 17.7 Å². The summed E-state index contributed by atoms with van der Waals surface area (Å²) in [6.45, 7) is 0.316. The Morgan fingerprint density at radius 2 is 1.88 bits per heavy atom. The van der Waals surface area contributed by atoms with Gasteiger partial charge in [-0.1, -0.05) is 41.9 Å². The fourth-order valence-corrected chi connectivity index (χ4v) is 5.66. The van der Waals surface area contributed by atoms with Gasteiger partial charge < -0.3 is 0 Å². The van der Waals surface area contributed by atoms with Gasteiger partial charge in [0.25, 0.3) is 0 Å². The highest BCUT2D eigenvalue weighted by Crippen LogP contribution is 2.25. The molecule has 0 aliphatic carbocycles.